The minimum Gasteiger partial charge on any atom is -0.465 e. The lowest BCUT2D eigenvalue weighted by molar-refractivity contribution is -0.146. The molecular weight excluding hydrogens is 598 g/mol. The van der Waals surface area contributed by atoms with Crippen LogP contribution in [0, 0.1) is 19.8 Å². The summed E-state index contributed by atoms with van der Waals surface area (Å²) in [7, 11) is 0. The zero-order chi connectivity index (χ0) is 32.8. The molecule has 5 rings (SSSR count). The van der Waals surface area contributed by atoms with Gasteiger partial charge in [0.25, 0.3) is 0 Å². The van der Waals surface area contributed by atoms with Crippen molar-refractivity contribution < 1.29 is 19.1 Å². The Morgan fingerprint density at radius 3 is 2.04 bits per heavy atom. The molecule has 0 saturated carbocycles. The van der Waals surface area contributed by atoms with Crippen LogP contribution in [0.15, 0.2) is 89.1 Å². The van der Waals surface area contributed by atoms with Crippen molar-refractivity contribution in [3.05, 3.63) is 117 Å². The minimum absolute atomic E-state index is 0.183. The van der Waals surface area contributed by atoms with Gasteiger partial charge in [-0.2, -0.15) is 0 Å². The van der Waals surface area contributed by atoms with Gasteiger partial charge in [0.15, 0.2) is 0 Å². The fraction of sp³-hybridized carbons (Fsp3) is 0.395. The molecule has 8 heteroatoms. The van der Waals surface area contributed by atoms with Gasteiger partial charge in [-0.05, 0) is 63.4 Å². The van der Waals surface area contributed by atoms with Gasteiger partial charge in [0.05, 0.1) is 18.2 Å². The Morgan fingerprint density at radius 1 is 0.870 bits per heavy atom. The molecule has 46 heavy (non-hydrogen) atoms. The van der Waals surface area contributed by atoms with E-state index in [2.05, 4.69) is 77.2 Å². The summed E-state index contributed by atoms with van der Waals surface area (Å²) in [6.07, 6.45) is 0. The predicted molar refractivity (Wildman–Crippen MR) is 183 cm³/mol. The molecule has 2 aliphatic heterocycles. The van der Waals surface area contributed by atoms with Crippen molar-refractivity contribution in [2.45, 2.75) is 46.6 Å². The predicted octanol–water partition coefficient (Wildman–Crippen LogP) is 6.92. The number of hydrogen-bond donors (Lipinski definition) is 0. The van der Waals surface area contributed by atoms with Crippen LogP contribution in [0.1, 0.15) is 60.5 Å². The smallest absolute Gasteiger partial charge is 0.336 e. The maximum absolute atomic E-state index is 13.7. The largest absolute Gasteiger partial charge is 0.465 e. The Balaban J connectivity index is 1.25. The van der Waals surface area contributed by atoms with Gasteiger partial charge in [-0.15, -0.1) is 0 Å². The van der Waals surface area contributed by atoms with Crippen LogP contribution in [0.3, 0.4) is 0 Å². The summed E-state index contributed by atoms with van der Waals surface area (Å²) in [5.41, 5.74) is 7.35. The fourth-order valence-corrected chi connectivity index (χ4v) is 6.80. The maximum atomic E-state index is 13.7. The Kier molecular flexibility index (Phi) is 11.1. The molecule has 2 atom stereocenters. The average molecular weight is 642 g/mol. The average Bonchev–Trinajstić information content (AvgIpc) is 3.03. The molecular formula is C38H44ClN3O4. The van der Waals surface area contributed by atoms with Crippen LogP contribution in [0.25, 0.3) is 0 Å². The van der Waals surface area contributed by atoms with E-state index in [4.69, 9.17) is 21.1 Å². The van der Waals surface area contributed by atoms with Gasteiger partial charge in [0.2, 0.25) is 0 Å². The molecule has 1 fully saturated rings. The minimum atomic E-state index is -0.743. The number of hydrogen-bond acceptors (Lipinski definition) is 7. The molecule has 0 N–H and O–H groups in total. The third kappa shape index (κ3) is 7.77. The molecule has 2 aliphatic rings. The van der Waals surface area contributed by atoms with Crippen LogP contribution >= 0.6 is 11.6 Å². The topological polar surface area (TPSA) is 71.4 Å². The number of rotatable bonds is 10. The SMILES string of the molecule is CCOC(=O)C1C(C)=NC(C)=C(C(=O)OCCN2CCN(C(c3ccc(C)cc3)c3ccc(C)cc3)CC2)C1c1cccc(Cl)c1. The van der Waals surface area contributed by atoms with Crippen LogP contribution in [-0.2, 0) is 19.1 Å². The number of ether oxygens (including phenoxy) is 2. The Labute approximate surface area is 277 Å². The van der Waals surface area contributed by atoms with E-state index in [0.29, 0.717) is 28.5 Å². The lowest BCUT2D eigenvalue weighted by Crippen LogP contribution is -2.48. The van der Waals surface area contributed by atoms with E-state index in [9.17, 15) is 9.59 Å². The van der Waals surface area contributed by atoms with Gasteiger partial charge in [-0.1, -0.05) is 83.4 Å². The summed E-state index contributed by atoms with van der Waals surface area (Å²) in [5, 5.41) is 0.525. The number of carbonyl (C=O) groups excluding carboxylic acids is 2. The molecule has 7 nitrogen and oxygen atoms in total. The normalized spacial score (nSPS) is 19.2. The van der Waals surface area contributed by atoms with Gasteiger partial charge in [-0.25, -0.2) is 4.79 Å². The highest BCUT2D eigenvalue weighted by Gasteiger charge is 2.42. The van der Waals surface area contributed by atoms with Crippen molar-refractivity contribution in [1.29, 1.82) is 0 Å². The Bertz CT molecular complexity index is 1550. The molecule has 0 aliphatic carbocycles. The second kappa shape index (κ2) is 15.2. The van der Waals surface area contributed by atoms with Crippen molar-refractivity contribution >= 4 is 29.3 Å². The Hall–Kier alpha value is -3.78. The van der Waals surface area contributed by atoms with E-state index in [1.54, 1.807) is 32.9 Å². The summed E-state index contributed by atoms with van der Waals surface area (Å²) in [6.45, 7) is 14.2. The molecule has 0 bridgehead atoms. The first-order valence-corrected chi connectivity index (χ1v) is 16.5. The number of aliphatic imine (C=N–C) groups is 1. The highest BCUT2D eigenvalue weighted by Crippen LogP contribution is 2.41. The first-order chi connectivity index (χ1) is 22.2. The quantitative estimate of drug-likeness (QED) is 0.224. The van der Waals surface area contributed by atoms with E-state index in [1.165, 1.54) is 22.3 Å². The highest BCUT2D eigenvalue weighted by atomic mass is 35.5. The zero-order valence-electron chi connectivity index (χ0n) is 27.5. The van der Waals surface area contributed by atoms with E-state index in [0.717, 1.165) is 31.7 Å². The van der Waals surface area contributed by atoms with Crippen LogP contribution in [0.4, 0.5) is 0 Å². The fourth-order valence-electron chi connectivity index (χ4n) is 6.60. The number of benzene rings is 3. The maximum Gasteiger partial charge on any atom is 0.336 e. The van der Waals surface area contributed by atoms with E-state index < -0.39 is 23.8 Å². The molecule has 0 aromatic heterocycles. The Morgan fingerprint density at radius 2 is 1.48 bits per heavy atom. The molecule has 0 amide bonds. The first-order valence-electron chi connectivity index (χ1n) is 16.1. The third-order valence-corrected chi connectivity index (χ3v) is 9.23. The molecule has 2 heterocycles. The zero-order valence-corrected chi connectivity index (χ0v) is 28.2. The van der Waals surface area contributed by atoms with Crippen molar-refractivity contribution in [2.24, 2.45) is 10.9 Å². The van der Waals surface area contributed by atoms with Crippen molar-refractivity contribution in [3.63, 3.8) is 0 Å². The van der Waals surface area contributed by atoms with Crippen LogP contribution in [0.5, 0.6) is 0 Å². The first kappa shape index (κ1) is 33.6. The number of aryl methyl sites for hydroxylation is 2. The molecule has 3 aromatic rings. The summed E-state index contributed by atoms with van der Waals surface area (Å²) >= 11 is 6.35. The summed E-state index contributed by atoms with van der Waals surface area (Å²) in [4.78, 5) is 36.3. The molecule has 3 aromatic carbocycles. The van der Waals surface area contributed by atoms with Crippen LogP contribution in [-0.4, -0.2) is 73.4 Å². The van der Waals surface area contributed by atoms with E-state index in [1.807, 2.05) is 12.1 Å². The highest BCUT2D eigenvalue weighted by molar-refractivity contribution is 6.30. The number of esters is 2. The van der Waals surface area contributed by atoms with Crippen molar-refractivity contribution in [2.75, 3.05) is 45.9 Å². The lowest BCUT2D eigenvalue weighted by Gasteiger charge is -2.39. The summed E-state index contributed by atoms with van der Waals surface area (Å²) < 4.78 is 11.3. The van der Waals surface area contributed by atoms with Gasteiger partial charge in [0.1, 0.15) is 12.5 Å². The van der Waals surface area contributed by atoms with Gasteiger partial charge < -0.3 is 9.47 Å². The van der Waals surface area contributed by atoms with E-state index in [-0.39, 0.29) is 19.3 Å². The lowest BCUT2D eigenvalue weighted by atomic mass is 9.75. The summed E-state index contributed by atoms with van der Waals surface area (Å²) in [5.74, 6) is -2.23. The van der Waals surface area contributed by atoms with Crippen molar-refractivity contribution in [3.8, 4) is 0 Å². The number of halogens is 1. The summed E-state index contributed by atoms with van der Waals surface area (Å²) in [6, 6.07) is 25.1. The third-order valence-electron chi connectivity index (χ3n) is 9.00. The number of carbonyl (C=O) groups is 2. The van der Waals surface area contributed by atoms with Gasteiger partial charge in [-0.3, -0.25) is 19.6 Å². The van der Waals surface area contributed by atoms with Gasteiger partial charge >= 0.3 is 11.9 Å². The standard InChI is InChI=1S/C38H44ClN3O4/c1-6-45-37(43)33-27(4)40-28(5)34(35(33)31-8-7-9-32(39)24-31)38(44)46-23-22-41-18-20-42(21-19-41)36(29-14-10-25(2)11-15-29)30-16-12-26(3)13-17-30/h7-17,24,33,35-36H,6,18-23H2,1-5H3. The van der Waals surface area contributed by atoms with Crippen molar-refractivity contribution in [1.82, 2.24) is 9.80 Å². The second-order valence-corrected chi connectivity index (χ2v) is 12.7. The molecule has 0 spiro atoms. The molecule has 0 radical (unpaired) electrons. The monoisotopic (exact) mass is 641 g/mol. The molecule has 1 saturated heterocycles. The van der Waals surface area contributed by atoms with Crippen LogP contribution < -0.4 is 0 Å². The molecule has 242 valence electrons. The van der Waals surface area contributed by atoms with E-state index >= 15 is 0 Å². The second-order valence-electron chi connectivity index (χ2n) is 12.3. The number of nitrogens with zero attached hydrogens (tertiary/aromatic N) is 3. The van der Waals surface area contributed by atoms with Crippen LogP contribution in [0.2, 0.25) is 5.02 Å². The van der Waals surface area contributed by atoms with Gasteiger partial charge in [0, 0.05) is 55.1 Å². The molecule has 2 unspecified atom stereocenters. The number of allylic oxidation sites excluding steroid dienone is 1. The number of piperazine rings is 1.